The average Bonchev–Trinajstić information content (AvgIpc) is 3.00. The molecule has 0 bridgehead atoms. The van der Waals surface area contributed by atoms with Gasteiger partial charge in [0.25, 0.3) is 0 Å². The average molecular weight is 323 g/mol. The molecule has 2 saturated heterocycles. The van der Waals surface area contributed by atoms with Crippen LogP contribution < -0.4 is 4.90 Å². The van der Waals surface area contributed by atoms with Crippen LogP contribution in [0, 0.1) is 12.3 Å². The van der Waals surface area contributed by atoms with Gasteiger partial charge in [0.15, 0.2) is 0 Å². The highest BCUT2D eigenvalue weighted by Gasteiger charge is 2.40. The number of hydrogen-bond acceptors (Lipinski definition) is 5. The summed E-state index contributed by atoms with van der Waals surface area (Å²) in [6.07, 6.45) is 11.5. The molecule has 2 fully saturated rings. The normalized spacial score (nSPS) is 20.6. The first-order valence-corrected chi connectivity index (χ1v) is 8.87. The van der Waals surface area contributed by atoms with E-state index < -0.39 is 0 Å². The van der Waals surface area contributed by atoms with Crippen LogP contribution in [0.1, 0.15) is 30.4 Å². The van der Waals surface area contributed by atoms with Crippen LogP contribution in [0.15, 0.2) is 36.9 Å². The molecular weight excluding hydrogens is 298 g/mol. The lowest BCUT2D eigenvalue weighted by Crippen LogP contribution is -2.42. The summed E-state index contributed by atoms with van der Waals surface area (Å²) in [5.41, 5.74) is 2.93. The van der Waals surface area contributed by atoms with Crippen molar-refractivity contribution in [1.29, 1.82) is 0 Å². The second-order valence-electron chi connectivity index (χ2n) is 7.37. The van der Waals surface area contributed by atoms with Gasteiger partial charge in [0.1, 0.15) is 0 Å². The fourth-order valence-corrected chi connectivity index (χ4v) is 4.05. The molecule has 126 valence electrons. The van der Waals surface area contributed by atoms with E-state index in [0.29, 0.717) is 5.41 Å². The summed E-state index contributed by atoms with van der Waals surface area (Å²) in [5, 5.41) is 0. The molecule has 1 spiro atoms. The van der Waals surface area contributed by atoms with Crippen LogP contribution in [0.3, 0.4) is 0 Å². The smallest absolute Gasteiger partial charge is 0.225 e. The highest BCUT2D eigenvalue weighted by Crippen LogP contribution is 2.41. The molecule has 0 radical (unpaired) electrons. The van der Waals surface area contributed by atoms with Gasteiger partial charge < -0.3 is 4.90 Å². The van der Waals surface area contributed by atoms with Crippen LogP contribution >= 0.6 is 0 Å². The predicted octanol–water partition coefficient (Wildman–Crippen LogP) is 2.67. The molecule has 0 N–H and O–H groups in total. The van der Waals surface area contributed by atoms with Crippen LogP contribution in [0.5, 0.6) is 0 Å². The fraction of sp³-hybridized carbons (Fsp3) is 0.526. The Balaban J connectivity index is 1.34. The van der Waals surface area contributed by atoms with Crippen molar-refractivity contribution in [2.75, 3.05) is 31.1 Å². The van der Waals surface area contributed by atoms with Gasteiger partial charge in [-0.3, -0.25) is 9.88 Å². The Hall–Kier alpha value is -2.01. The third kappa shape index (κ3) is 3.26. The highest BCUT2D eigenvalue weighted by molar-refractivity contribution is 5.31. The quantitative estimate of drug-likeness (QED) is 0.869. The molecule has 0 aliphatic carbocycles. The maximum atomic E-state index is 4.49. The Bertz CT molecular complexity index is 662. The van der Waals surface area contributed by atoms with E-state index in [1.807, 2.05) is 37.8 Å². The van der Waals surface area contributed by atoms with Crippen LogP contribution in [0.2, 0.25) is 0 Å². The topological polar surface area (TPSA) is 45.2 Å². The van der Waals surface area contributed by atoms with Crippen molar-refractivity contribution in [2.45, 2.75) is 32.7 Å². The molecule has 0 unspecified atom stereocenters. The highest BCUT2D eigenvalue weighted by atomic mass is 15.3. The molecule has 2 aliphatic rings. The second kappa shape index (κ2) is 6.48. The molecule has 0 saturated carbocycles. The van der Waals surface area contributed by atoms with E-state index in [1.165, 1.54) is 37.9 Å². The van der Waals surface area contributed by atoms with Crippen molar-refractivity contribution in [1.82, 2.24) is 19.9 Å². The Morgan fingerprint density at radius 1 is 1.04 bits per heavy atom. The summed E-state index contributed by atoms with van der Waals surface area (Å²) in [6, 6.07) is 4.20. The number of anilines is 1. The van der Waals surface area contributed by atoms with Gasteiger partial charge in [0.05, 0.1) is 0 Å². The monoisotopic (exact) mass is 323 g/mol. The number of aryl methyl sites for hydroxylation is 1. The second-order valence-corrected chi connectivity index (χ2v) is 7.37. The molecular formula is C19H25N5. The Morgan fingerprint density at radius 3 is 2.50 bits per heavy atom. The van der Waals surface area contributed by atoms with Crippen LogP contribution in [0.4, 0.5) is 5.95 Å². The largest absolute Gasteiger partial charge is 0.341 e. The van der Waals surface area contributed by atoms with Crippen LogP contribution in [-0.4, -0.2) is 46.0 Å². The molecule has 0 atom stereocenters. The van der Waals surface area contributed by atoms with Gasteiger partial charge in [-0.05, 0) is 55.3 Å². The summed E-state index contributed by atoms with van der Waals surface area (Å²) >= 11 is 0. The van der Waals surface area contributed by atoms with Crippen LogP contribution in [-0.2, 0) is 6.54 Å². The van der Waals surface area contributed by atoms with Gasteiger partial charge in [-0.25, -0.2) is 9.97 Å². The molecule has 24 heavy (non-hydrogen) atoms. The number of aromatic nitrogens is 3. The van der Waals surface area contributed by atoms with Gasteiger partial charge in [-0.15, -0.1) is 0 Å². The number of rotatable bonds is 3. The van der Waals surface area contributed by atoms with E-state index in [-0.39, 0.29) is 0 Å². The van der Waals surface area contributed by atoms with Crippen molar-refractivity contribution >= 4 is 5.95 Å². The van der Waals surface area contributed by atoms with Crippen molar-refractivity contribution < 1.29 is 0 Å². The van der Waals surface area contributed by atoms with Gasteiger partial charge >= 0.3 is 0 Å². The van der Waals surface area contributed by atoms with Gasteiger partial charge in [0.2, 0.25) is 5.95 Å². The Labute approximate surface area is 143 Å². The van der Waals surface area contributed by atoms with E-state index in [0.717, 1.165) is 31.1 Å². The zero-order chi connectivity index (χ0) is 16.4. The zero-order valence-corrected chi connectivity index (χ0v) is 14.4. The van der Waals surface area contributed by atoms with Crippen molar-refractivity contribution in [3.8, 4) is 0 Å². The fourth-order valence-electron chi connectivity index (χ4n) is 4.05. The molecule has 4 rings (SSSR count). The van der Waals surface area contributed by atoms with Gasteiger partial charge in [-0.2, -0.15) is 0 Å². The Kier molecular flexibility index (Phi) is 4.19. The summed E-state index contributed by atoms with van der Waals surface area (Å²) in [5.74, 6) is 0.890. The first-order chi connectivity index (χ1) is 11.7. The number of likely N-dealkylation sites (tertiary alicyclic amines) is 1. The number of pyridine rings is 1. The molecule has 2 aromatic rings. The summed E-state index contributed by atoms with van der Waals surface area (Å²) in [7, 11) is 0. The SMILES string of the molecule is Cc1cnc(N2CCC3(CCN(Cc4cccnc4)C3)CC2)nc1. The van der Waals surface area contributed by atoms with E-state index in [1.54, 1.807) is 0 Å². The molecule has 0 amide bonds. The number of piperidine rings is 1. The molecule has 5 heteroatoms. The first kappa shape index (κ1) is 15.5. The number of nitrogens with zero attached hydrogens (tertiary/aromatic N) is 5. The van der Waals surface area contributed by atoms with E-state index >= 15 is 0 Å². The molecule has 5 nitrogen and oxygen atoms in total. The lowest BCUT2D eigenvalue weighted by atomic mass is 9.78. The van der Waals surface area contributed by atoms with Gasteiger partial charge in [0, 0.05) is 51.0 Å². The summed E-state index contributed by atoms with van der Waals surface area (Å²) in [4.78, 5) is 18.1. The molecule has 2 aliphatic heterocycles. The molecule has 4 heterocycles. The van der Waals surface area contributed by atoms with Crippen molar-refractivity contribution in [3.05, 3.63) is 48.0 Å². The molecule has 2 aromatic heterocycles. The summed E-state index contributed by atoms with van der Waals surface area (Å²) in [6.45, 7) is 7.62. The first-order valence-electron chi connectivity index (χ1n) is 8.87. The summed E-state index contributed by atoms with van der Waals surface area (Å²) < 4.78 is 0. The maximum Gasteiger partial charge on any atom is 0.225 e. The zero-order valence-electron chi connectivity index (χ0n) is 14.4. The predicted molar refractivity (Wildman–Crippen MR) is 94.8 cm³/mol. The molecule has 0 aromatic carbocycles. The minimum atomic E-state index is 0.489. The number of hydrogen-bond donors (Lipinski definition) is 0. The van der Waals surface area contributed by atoms with E-state index in [9.17, 15) is 0 Å². The van der Waals surface area contributed by atoms with E-state index in [2.05, 4.69) is 30.8 Å². The third-order valence-corrected chi connectivity index (χ3v) is 5.52. The standard InChI is InChI=1S/C19H25N5/c1-16-11-21-18(22-12-16)24-9-5-19(6-10-24)4-8-23(15-19)14-17-3-2-7-20-13-17/h2-3,7,11-13H,4-6,8-10,14-15H2,1H3. The van der Waals surface area contributed by atoms with Crippen LogP contribution in [0.25, 0.3) is 0 Å². The van der Waals surface area contributed by atoms with Crippen molar-refractivity contribution in [2.24, 2.45) is 5.41 Å². The van der Waals surface area contributed by atoms with E-state index in [4.69, 9.17) is 0 Å². The maximum absolute atomic E-state index is 4.49. The Morgan fingerprint density at radius 2 is 1.79 bits per heavy atom. The minimum Gasteiger partial charge on any atom is -0.341 e. The van der Waals surface area contributed by atoms with Crippen molar-refractivity contribution in [3.63, 3.8) is 0 Å². The minimum absolute atomic E-state index is 0.489. The third-order valence-electron chi connectivity index (χ3n) is 5.52. The lowest BCUT2D eigenvalue weighted by Gasteiger charge is -2.39. The van der Waals surface area contributed by atoms with Gasteiger partial charge in [-0.1, -0.05) is 6.07 Å². The lowest BCUT2D eigenvalue weighted by molar-refractivity contribution is 0.205.